The maximum absolute atomic E-state index is 12.0. The first kappa shape index (κ1) is 21.6. The van der Waals surface area contributed by atoms with E-state index in [-0.39, 0.29) is 25.9 Å². The molecule has 27 heavy (non-hydrogen) atoms. The van der Waals surface area contributed by atoms with Crippen molar-refractivity contribution < 1.29 is 29.3 Å². The van der Waals surface area contributed by atoms with Crippen LogP contribution in [0.5, 0.6) is 0 Å². The van der Waals surface area contributed by atoms with Gasteiger partial charge in [-0.25, -0.2) is 24.7 Å². The van der Waals surface area contributed by atoms with Crippen LogP contribution in [0.25, 0.3) is 0 Å². The third-order valence-corrected chi connectivity index (χ3v) is 3.57. The van der Waals surface area contributed by atoms with Crippen LogP contribution in [0.4, 0.5) is 4.79 Å². The normalized spacial score (nSPS) is 18.5. The van der Waals surface area contributed by atoms with Crippen molar-refractivity contribution in [2.24, 2.45) is 16.6 Å². The van der Waals surface area contributed by atoms with Crippen LogP contribution in [0.3, 0.4) is 0 Å². The number of carbonyl (C=O) groups excluding carboxylic acids is 3. The van der Waals surface area contributed by atoms with Crippen LogP contribution in [-0.4, -0.2) is 70.5 Å². The van der Waals surface area contributed by atoms with Crippen LogP contribution in [-0.2, 0) is 14.4 Å². The Balaban J connectivity index is 2.48. The van der Waals surface area contributed by atoms with E-state index in [1.807, 2.05) is 0 Å². The fraction of sp³-hybridized carbons (Fsp3) is 0.615. The molecule has 6 N–H and O–H groups in total. The second kappa shape index (κ2) is 9.88. The lowest BCUT2D eigenvalue weighted by molar-refractivity contribution is -0.525. The van der Waals surface area contributed by atoms with Gasteiger partial charge < -0.3 is 21.1 Å². The van der Waals surface area contributed by atoms with Crippen LogP contribution >= 0.6 is 0 Å². The van der Waals surface area contributed by atoms with Gasteiger partial charge in [0.05, 0.1) is 5.92 Å². The zero-order valence-electron chi connectivity index (χ0n) is 14.5. The number of nitrogens with two attached hydrogens (primary N) is 1. The van der Waals surface area contributed by atoms with Gasteiger partial charge in [-0.05, 0) is 12.8 Å². The molecule has 0 saturated carbocycles. The minimum atomic E-state index is -1.28. The summed E-state index contributed by atoms with van der Waals surface area (Å²) in [6.45, 7) is 1.26. The highest BCUT2D eigenvalue weighted by Gasteiger charge is 2.31. The molecular weight excluding hydrogens is 366 g/mol. The number of nitrogens with one attached hydrogen (secondary N) is 3. The summed E-state index contributed by atoms with van der Waals surface area (Å²) >= 11 is 0. The van der Waals surface area contributed by atoms with Crippen molar-refractivity contribution in [1.29, 1.82) is 0 Å². The fourth-order valence-electron chi connectivity index (χ4n) is 2.23. The molecule has 14 nitrogen and oxygen atoms in total. The molecule has 1 aliphatic heterocycles. The van der Waals surface area contributed by atoms with E-state index in [1.165, 1.54) is 0 Å². The molecule has 150 valence electrons. The van der Waals surface area contributed by atoms with E-state index in [1.54, 1.807) is 12.3 Å². The molecule has 14 heteroatoms. The Morgan fingerprint density at radius 3 is 2.78 bits per heavy atom. The van der Waals surface area contributed by atoms with Gasteiger partial charge in [-0.3, -0.25) is 14.9 Å². The average Bonchev–Trinajstić information content (AvgIpc) is 2.54. The molecule has 1 unspecified atom stereocenters. The van der Waals surface area contributed by atoms with Crippen LogP contribution in [0.15, 0.2) is 4.99 Å². The quantitative estimate of drug-likeness (QED) is 0.0938. The van der Waals surface area contributed by atoms with Gasteiger partial charge in [-0.15, -0.1) is 0 Å². The third kappa shape index (κ3) is 7.54. The standard InChI is InChI=1S/C13H21N7O7/c1-7-5-19(13(25)17-10(7)22)6-9(21)16-8(11(23)24)3-2-4-15-12(14)18-20(26)27/h7-8H,2-6H2,1H3,(H,16,21)(H,23,24)(H3,14,15,18)(H,17,22,25)/t7?,8-/m0/s1. The number of imide groups is 1. The first-order valence-electron chi connectivity index (χ1n) is 7.93. The minimum Gasteiger partial charge on any atom is -0.480 e. The second-order valence-corrected chi connectivity index (χ2v) is 5.81. The molecule has 0 spiro atoms. The Kier molecular flexibility index (Phi) is 7.90. The van der Waals surface area contributed by atoms with E-state index >= 15 is 0 Å². The van der Waals surface area contributed by atoms with E-state index in [0.717, 1.165) is 4.90 Å². The van der Waals surface area contributed by atoms with E-state index in [0.29, 0.717) is 0 Å². The molecule has 1 rings (SSSR count). The van der Waals surface area contributed by atoms with E-state index in [2.05, 4.69) is 15.6 Å². The lowest BCUT2D eigenvalue weighted by Gasteiger charge is -2.30. The molecule has 0 radical (unpaired) electrons. The van der Waals surface area contributed by atoms with Crippen LogP contribution in [0.2, 0.25) is 0 Å². The van der Waals surface area contributed by atoms with Crippen molar-refractivity contribution in [3.8, 4) is 0 Å². The number of urea groups is 1. The smallest absolute Gasteiger partial charge is 0.326 e. The van der Waals surface area contributed by atoms with E-state index < -0.39 is 53.3 Å². The molecule has 2 atom stereocenters. The maximum atomic E-state index is 12.0. The van der Waals surface area contributed by atoms with Crippen molar-refractivity contribution in [3.63, 3.8) is 0 Å². The summed E-state index contributed by atoms with van der Waals surface area (Å²) in [5.41, 5.74) is 6.85. The Morgan fingerprint density at radius 2 is 2.19 bits per heavy atom. The molecule has 1 heterocycles. The number of carbonyl (C=O) groups is 4. The molecule has 0 bridgehead atoms. The number of rotatable bonds is 9. The Labute approximate surface area is 153 Å². The second-order valence-electron chi connectivity index (χ2n) is 5.81. The molecular formula is C13H21N7O7. The zero-order valence-corrected chi connectivity index (χ0v) is 14.5. The SMILES string of the molecule is CC1CN(CC(=O)N[C@@H](CCCN=C(N)N[N+](=O)[O-])C(=O)O)C(=O)NC1=O. The molecule has 4 amide bonds. The number of guanidine groups is 1. The number of hydrogen-bond donors (Lipinski definition) is 5. The monoisotopic (exact) mass is 387 g/mol. The highest BCUT2D eigenvalue weighted by Crippen LogP contribution is 2.07. The molecule has 0 aromatic carbocycles. The largest absolute Gasteiger partial charge is 0.480 e. The Morgan fingerprint density at radius 1 is 1.52 bits per heavy atom. The van der Waals surface area contributed by atoms with Gasteiger partial charge in [0.2, 0.25) is 11.8 Å². The van der Waals surface area contributed by atoms with Gasteiger partial charge in [0.25, 0.3) is 5.96 Å². The van der Waals surface area contributed by atoms with Crippen molar-refractivity contribution in [2.75, 3.05) is 19.6 Å². The number of aliphatic imine (C=N–C) groups is 1. The van der Waals surface area contributed by atoms with Gasteiger partial charge in [0.15, 0.2) is 5.03 Å². The predicted octanol–water partition coefficient (Wildman–Crippen LogP) is -2.38. The number of aliphatic carboxylic acids is 1. The molecule has 1 fully saturated rings. The fourth-order valence-corrected chi connectivity index (χ4v) is 2.23. The van der Waals surface area contributed by atoms with Gasteiger partial charge in [0.1, 0.15) is 12.6 Å². The van der Waals surface area contributed by atoms with Gasteiger partial charge in [-0.1, -0.05) is 12.3 Å². The molecule has 0 aromatic heterocycles. The molecule has 1 saturated heterocycles. The summed E-state index contributed by atoms with van der Waals surface area (Å²) in [5.74, 6) is -3.32. The third-order valence-electron chi connectivity index (χ3n) is 3.57. The predicted molar refractivity (Wildman–Crippen MR) is 89.7 cm³/mol. The molecule has 1 aliphatic rings. The van der Waals surface area contributed by atoms with E-state index in [9.17, 15) is 29.3 Å². The first-order chi connectivity index (χ1) is 12.6. The van der Waals surface area contributed by atoms with Crippen molar-refractivity contribution in [3.05, 3.63) is 10.1 Å². The summed E-state index contributed by atoms with van der Waals surface area (Å²) in [6.07, 6.45) is 0.185. The van der Waals surface area contributed by atoms with Crippen molar-refractivity contribution in [1.82, 2.24) is 21.0 Å². The number of amides is 4. The zero-order chi connectivity index (χ0) is 20.6. The summed E-state index contributed by atoms with van der Waals surface area (Å²) in [4.78, 5) is 61.2. The van der Waals surface area contributed by atoms with E-state index in [4.69, 9.17) is 10.8 Å². The Bertz CT molecular complexity index is 651. The first-order valence-corrected chi connectivity index (χ1v) is 7.93. The highest BCUT2D eigenvalue weighted by atomic mass is 16.7. The summed E-state index contributed by atoms with van der Waals surface area (Å²) in [7, 11) is 0. The van der Waals surface area contributed by atoms with Crippen LogP contribution in [0, 0.1) is 16.0 Å². The van der Waals surface area contributed by atoms with Crippen molar-refractivity contribution >= 4 is 29.8 Å². The summed E-state index contributed by atoms with van der Waals surface area (Å²) < 4.78 is 0. The maximum Gasteiger partial charge on any atom is 0.326 e. The number of hydrogen-bond acceptors (Lipinski definition) is 7. The highest BCUT2D eigenvalue weighted by molar-refractivity contribution is 5.99. The topological polar surface area (TPSA) is 209 Å². The van der Waals surface area contributed by atoms with Gasteiger partial charge in [-0.2, -0.15) is 0 Å². The lowest BCUT2D eigenvalue weighted by Crippen LogP contribution is -2.56. The summed E-state index contributed by atoms with van der Waals surface area (Å²) in [6, 6.07) is -1.95. The summed E-state index contributed by atoms with van der Waals surface area (Å²) in [5, 5.41) is 22.8. The minimum absolute atomic E-state index is 0.00258. The lowest BCUT2D eigenvalue weighted by atomic mass is 10.1. The van der Waals surface area contributed by atoms with Crippen LogP contribution < -0.4 is 21.8 Å². The van der Waals surface area contributed by atoms with Crippen molar-refractivity contribution in [2.45, 2.75) is 25.8 Å². The number of hydrazine groups is 1. The number of nitro groups is 1. The molecule has 0 aromatic rings. The van der Waals surface area contributed by atoms with Gasteiger partial charge in [0, 0.05) is 13.1 Å². The number of nitrogens with zero attached hydrogens (tertiary/aromatic N) is 3. The number of carboxylic acids is 1. The van der Waals surface area contributed by atoms with Crippen LogP contribution in [0.1, 0.15) is 19.8 Å². The Hall–Kier alpha value is -3.45. The number of carboxylic acid groups (broad SMARTS) is 1. The molecule has 0 aliphatic carbocycles. The average molecular weight is 387 g/mol. The van der Waals surface area contributed by atoms with Gasteiger partial charge >= 0.3 is 12.0 Å².